The monoisotopic (exact) mass is 459 g/mol. The molecule has 0 saturated carbocycles. The van der Waals surface area contributed by atoms with Gasteiger partial charge in [-0.15, -0.1) is 26.3 Å². The van der Waals surface area contributed by atoms with E-state index in [1.807, 2.05) is 12.1 Å². The molecule has 6 nitrogen and oxygen atoms in total. The summed E-state index contributed by atoms with van der Waals surface area (Å²) in [5.74, 6) is 0.866. The number of nitrogens with zero attached hydrogens (tertiary/aromatic N) is 1. The van der Waals surface area contributed by atoms with E-state index < -0.39 is 15.9 Å². The molecule has 0 radical (unpaired) electrons. The molecule has 1 aliphatic rings. The first-order chi connectivity index (χ1) is 16.4. The summed E-state index contributed by atoms with van der Waals surface area (Å²) in [5, 5.41) is 11.0. The average Bonchev–Trinajstić information content (AvgIpc) is 2.82. The summed E-state index contributed by atoms with van der Waals surface area (Å²) in [6.45, 7) is 15.6. The number of ketones is 1. The quantitative estimate of drug-likeness (QED) is 0.208. The van der Waals surface area contributed by atoms with E-state index >= 15 is 0 Å². The Labute approximate surface area is 200 Å². The molecule has 34 heavy (non-hydrogen) atoms. The van der Waals surface area contributed by atoms with Crippen LogP contribution in [0.15, 0.2) is 93.1 Å². The van der Waals surface area contributed by atoms with Crippen molar-refractivity contribution in [1.29, 1.82) is 0 Å². The van der Waals surface area contributed by atoms with Crippen molar-refractivity contribution in [2.75, 3.05) is 6.61 Å². The van der Waals surface area contributed by atoms with Crippen LogP contribution in [0.2, 0.25) is 0 Å². The third-order valence-corrected chi connectivity index (χ3v) is 6.30. The Balaban J connectivity index is 2.14. The van der Waals surface area contributed by atoms with Crippen molar-refractivity contribution in [3.05, 3.63) is 114 Å². The zero-order valence-corrected chi connectivity index (χ0v) is 19.2. The molecule has 1 atom stereocenters. The van der Waals surface area contributed by atoms with Crippen molar-refractivity contribution in [2.45, 2.75) is 31.3 Å². The van der Waals surface area contributed by atoms with Crippen LogP contribution in [0.4, 0.5) is 5.69 Å². The number of rotatable bonds is 12. The third kappa shape index (κ3) is 4.31. The first-order valence-electron chi connectivity index (χ1n) is 11.0. The highest BCUT2D eigenvalue weighted by Crippen LogP contribution is 2.53. The van der Waals surface area contributed by atoms with Gasteiger partial charge in [0, 0.05) is 18.6 Å². The lowest BCUT2D eigenvalue weighted by atomic mass is 9.60. The van der Waals surface area contributed by atoms with Crippen molar-refractivity contribution in [3.8, 4) is 11.5 Å². The second-order valence-electron chi connectivity index (χ2n) is 8.31. The number of carbonyl (C=O) groups is 1. The number of ether oxygens (including phenoxy) is 2. The van der Waals surface area contributed by atoms with Gasteiger partial charge in [-0.3, -0.25) is 14.9 Å². The molecule has 0 bridgehead atoms. The fraction of sp³-hybridized carbons (Fsp3) is 0.250. The number of hydrogen-bond acceptors (Lipinski definition) is 5. The number of benzene rings is 2. The fourth-order valence-electron chi connectivity index (χ4n) is 4.69. The largest absolute Gasteiger partial charge is 0.489 e. The molecule has 3 rings (SSSR count). The predicted molar refractivity (Wildman–Crippen MR) is 133 cm³/mol. The van der Waals surface area contributed by atoms with Crippen molar-refractivity contribution in [3.63, 3.8) is 0 Å². The fourth-order valence-corrected chi connectivity index (χ4v) is 4.69. The van der Waals surface area contributed by atoms with E-state index in [9.17, 15) is 14.9 Å². The minimum absolute atomic E-state index is 0.0232. The molecule has 2 aromatic rings. The van der Waals surface area contributed by atoms with E-state index in [2.05, 4.69) is 26.3 Å². The number of Topliss-reactive ketones (excluding diaryl/α,β-unsaturated/α-hetero) is 1. The van der Waals surface area contributed by atoms with Crippen LogP contribution in [0.5, 0.6) is 11.5 Å². The molecular formula is C28H29NO5. The molecule has 0 amide bonds. The summed E-state index contributed by atoms with van der Waals surface area (Å²) in [4.78, 5) is 24.8. The maximum atomic E-state index is 14.3. The van der Waals surface area contributed by atoms with E-state index in [0.29, 0.717) is 42.7 Å². The Hall–Kier alpha value is -3.93. The minimum Gasteiger partial charge on any atom is -0.489 e. The van der Waals surface area contributed by atoms with E-state index in [0.717, 1.165) is 5.56 Å². The van der Waals surface area contributed by atoms with Gasteiger partial charge in [-0.1, -0.05) is 36.4 Å². The number of fused-ring (bicyclic) bond motifs is 1. The Morgan fingerprint density at radius 1 is 0.941 bits per heavy atom. The molecule has 0 aromatic heterocycles. The lowest BCUT2D eigenvalue weighted by Gasteiger charge is -2.51. The van der Waals surface area contributed by atoms with Crippen molar-refractivity contribution < 1.29 is 19.2 Å². The van der Waals surface area contributed by atoms with Gasteiger partial charge in [0.1, 0.15) is 18.1 Å². The average molecular weight is 460 g/mol. The van der Waals surface area contributed by atoms with Crippen LogP contribution in [-0.2, 0) is 6.42 Å². The summed E-state index contributed by atoms with van der Waals surface area (Å²) in [5.41, 5.74) is -0.779. The van der Waals surface area contributed by atoms with Crippen LogP contribution in [0.3, 0.4) is 0 Å². The lowest BCUT2D eigenvalue weighted by Crippen LogP contribution is -2.62. The van der Waals surface area contributed by atoms with Crippen LogP contribution >= 0.6 is 0 Å². The van der Waals surface area contributed by atoms with E-state index in [4.69, 9.17) is 9.47 Å². The zero-order valence-electron chi connectivity index (χ0n) is 19.2. The molecule has 1 aliphatic heterocycles. The molecular weight excluding hydrogens is 430 g/mol. The topological polar surface area (TPSA) is 78.7 Å². The van der Waals surface area contributed by atoms with Gasteiger partial charge in [0.05, 0.1) is 15.9 Å². The molecule has 176 valence electrons. The molecule has 2 aromatic carbocycles. The third-order valence-electron chi connectivity index (χ3n) is 6.30. The summed E-state index contributed by atoms with van der Waals surface area (Å²) in [6.07, 6.45) is 8.46. The van der Waals surface area contributed by atoms with E-state index in [1.165, 1.54) is 24.3 Å². The van der Waals surface area contributed by atoms with Gasteiger partial charge in [-0.25, -0.2) is 0 Å². The van der Waals surface area contributed by atoms with Gasteiger partial charge in [0.25, 0.3) is 5.69 Å². The smallest absolute Gasteiger partial charge is 0.269 e. The summed E-state index contributed by atoms with van der Waals surface area (Å²) in [6, 6.07) is 11.4. The molecule has 0 aliphatic carbocycles. The van der Waals surface area contributed by atoms with Crippen LogP contribution in [0.1, 0.15) is 35.2 Å². The maximum absolute atomic E-state index is 14.3. The van der Waals surface area contributed by atoms with Crippen molar-refractivity contribution in [2.24, 2.45) is 5.41 Å². The van der Waals surface area contributed by atoms with Gasteiger partial charge in [-0.2, -0.15) is 0 Å². The number of non-ortho nitro benzene ring substituents is 1. The zero-order chi connectivity index (χ0) is 24.8. The highest BCUT2D eigenvalue weighted by atomic mass is 16.6. The van der Waals surface area contributed by atoms with Gasteiger partial charge in [0.15, 0.2) is 11.4 Å². The van der Waals surface area contributed by atoms with Gasteiger partial charge in [-0.05, 0) is 43.0 Å². The van der Waals surface area contributed by atoms with Crippen LogP contribution in [0, 0.1) is 15.5 Å². The molecule has 6 heteroatoms. The second-order valence-corrected chi connectivity index (χ2v) is 8.31. The van der Waals surface area contributed by atoms with Gasteiger partial charge >= 0.3 is 0 Å². The van der Waals surface area contributed by atoms with Crippen LogP contribution in [-0.4, -0.2) is 22.9 Å². The van der Waals surface area contributed by atoms with E-state index in [-0.39, 0.29) is 18.1 Å². The number of carbonyl (C=O) groups excluding carboxylic acids is 1. The second kappa shape index (κ2) is 10.3. The first kappa shape index (κ1) is 24.7. The minimum atomic E-state index is -1.10. The SMILES string of the molecule is C=CCc1cccc2c1C(=O)C(CC=C)(CC=C)C(CC=C)(COc1ccc([N+](=O)[O-])cc1)O2. The number of allylic oxidation sites excluding steroid dienone is 3. The first-order valence-corrected chi connectivity index (χ1v) is 11.0. The Morgan fingerprint density at radius 2 is 1.59 bits per heavy atom. The molecule has 1 unspecified atom stereocenters. The highest BCUT2D eigenvalue weighted by Gasteiger charge is 2.60. The van der Waals surface area contributed by atoms with Crippen LogP contribution < -0.4 is 9.47 Å². The van der Waals surface area contributed by atoms with Crippen molar-refractivity contribution >= 4 is 11.5 Å². The standard InChI is InChI=1S/C28H29NO5/c1-5-10-21-11-9-12-24-25(21)26(30)27(17-6-2,18-7-3)28(34-24,19-8-4)20-33-23-15-13-22(14-16-23)29(31)32/h5-9,11-16H,1-4,10,17-20H2. The molecule has 1 heterocycles. The Bertz CT molecular complexity index is 1110. The molecule has 0 saturated heterocycles. The van der Waals surface area contributed by atoms with E-state index in [1.54, 1.807) is 30.4 Å². The normalized spacial score (nSPS) is 18.2. The lowest BCUT2D eigenvalue weighted by molar-refractivity contribution is -0.384. The van der Waals surface area contributed by atoms with Crippen LogP contribution in [0.25, 0.3) is 0 Å². The van der Waals surface area contributed by atoms with Gasteiger partial charge in [0.2, 0.25) is 0 Å². The number of hydrogen-bond donors (Lipinski definition) is 0. The molecule has 0 spiro atoms. The van der Waals surface area contributed by atoms with Crippen molar-refractivity contribution in [1.82, 2.24) is 0 Å². The summed E-state index contributed by atoms with van der Waals surface area (Å²) >= 11 is 0. The number of nitro groups is 1. The van der Waals surface area contributed by atoms with Gasteiger partial charge < -0.3 is 9.47 Å². The Kier molecular flexibility index (Phi) is 7.51. The summed E-state index contributed by atoms with van der Waals surface area (Å²) in [7, 11) is 0. The number of nitro benzene ring substituents is 1. The summed E-state index contributed by atoms with van der Waals surface area (Å²) < 4.78 is 12.8. The maximum Gasteiger partial charge on any atom is 0.269 e. The predicted octanol–water partition coefficient (Wildman–Crippen LogP) is 6.43. The Morgan fingerprint density at radius 3 is 2.15 bits per heavy atom. The molecule has 0 fully saturated rings. The highest BCUT2D eigenvalue weighted by molar-refractivity contribution is 6.06. The molecule has 0 N–H and O–H groups in total.